The molecule has 0 unspecified atom stereocenters. The third kappa shape index (κ3) is 4.15. The van der Waals surface area contributed by atoms with Gasteiger partial charge in [0.2, 0.25) is 11.0 Å². The van der Waals surface area contributed by atoms with E-state index in [1.165, 1.54) is 11.3 Å². The van der Waals surface area contributed by atoms with Gasteiger partial charge < -0.3 is 14.8 Å². The molecule has 0 fully saturated rings. The van der Waals surface area contributed by atoms with Crippen LogP contribution in [0.4, 0.5) is 10.9 Å². The van der Waals surface area contributed by atoms with E-state index in [0.29, 0.717) is 22.5 Å². The molecule has 3 aromatic carbocycles. The zero-order chi connectivity index (χ0) is 25.2. The van der Waals surface area contributed by atoms with Gasteiger partial charge in [0.05, 0.1) is 25.3 Å². The summed E-state index contributed by atoms with van der Waals surface area (Å²) in [6.45, 7) is 0. The summed E-state index contributed by atoms with van der Waals surface area (Å²) in [7, 11) is 3.29. The zero-order valence-electron chi connectivity index (χ0n) is 20.1. The summed E-state index contributed by atoms with van der Waals surface area (Å²) < 4.78 is 13.2. The van der Waals surface area contributed by atoms with E-state index >= 15 is 0 Å². The van der Waals surface area contributed by atoms with E-state index < -0.39 is 0 Å². The number of aromatic nitrogens is 5. The van der Waals surface area contributed by atoms with Gasteiger partial charge in [-0.15, -0.1) is 10.2 Å². The van der Waals surface area contributed by atoms with E-state index in [2.05, 4.69) is 27.6 Å². The van der Waals surface area contributed by atoms with Crippen LogP contribution in [-0.2, 0) is 0 Å². The van der Waals surface area contributed by atoms with Crippen molar-refractivity contribution in [3.63, 3.8) is 0 Å². The number of rotatable bonds is 7. The molecule has 0 amide bonds. The van der Waals surface area contributed by atoms with Gasteiger partial charge in [-0.3, -0.25) is 0 Å². The number of nitrogens with zero attached hydrogens (tertiary/aromatic N) is 5. The molecule has 0 bridgehead atoms. The van der Waals surface area contributed by atoms with Crippen LogP contribution in [0.25, 0.3) is 39.2 Å². The van der Waals surface area contributed by atoms with Crippen molar-refractivity contribution < 1.29 is 9.47 Å². The maximum atomic E-state index is 6.03. The molecule has 0 aliphatic heterocycles. The predicted octanol–water partition coefficient (Wildman–Crippen LogP) is 6.34. The molecule has 182 valence electrons. The Labute approximate surface area is 217 Å². The second-order valence-corrected chi connectivity index (χ2v) is 8.97. The minimum atomic E-state index is 0.543. The largest absolute Gasteiger partial charge is 0.497 e. The minimum absolute atomic E-state index is 0.543. The smallest absolute Gasteiger partial charge is 0.228 e. The van der Waals surface area contributed by atoms with Gasteiger partial charge in [-0.2, -0.15) is 9.61 Å². The van der Waals surface area contributed by atoms with Crippen molar-refractivity contribution in [3.05, 3.63) is 90.4 Å². The lowest BCUT2D eigenvalue weighted by atomic mass is 10.0. The maximum absolute atomic E-state index is 6.03. The number of anilines is 2. The summed E-state index contributed by atoms with van der Waals surface area (Å²) in [6, 6.07) is 28.0. The molecule has 0 saturated heterocycles. The standard InChI is InChI=1S/C28H22N6O2S/c1-35-21-15-13-19(14-16-21)23-25(31-28-32-29-17-37-28)30-26-22(18-9-5-3-6-10-18)24(20-11-7-4-8-12-20)33-34(26)27(23)36-2/h3-17H,1-2H3,(H,30,31,32). The first kappa shape index (κ1) is 22.7. The molecule has 1 N–H and O–H groups in total. The van der Waals surface area contributed by atoms with Crippen LogP contribution in [0.5, 0.6) is 11.6 Å². The molecular formula is C28H22N6O2S. The number of ether oxygens (including phenoxy) is 2. The molecule has 0 aliphatic carbocycles. The Bertz CT molecular complexity index is 1650. The minimum Gasteiger partial charge on any atom is -0.497 e. The van der Waals surface area contributed by atoms with Crippen molar-refractivity contribution in [2.75, 3.05) is 19.5 Å². The summed E-state index contributed by atoms with van der Waals surface area (Å²) >= 11 is 1.39. The SMILES string of the molecule is COc1ccc(-c2c(Nc3nncs3)nc3c(-c4ccccc4)c(-c4ccccc4)nn3c2OC)cc1. The summed E-state index contributed by atoms with van der Waals surface area (Å²) in [6.07, 6.45) is 0. The Kier molecular flexibility index (Phi) is 5.95. The summed E-state index contributed by atoms with van der Waals surface area (Å²) in [5.74, 6) is 1.89. The van der Waals surface area contributed by atoms with Crippen LogP contribution >= 0.6 is 11.3 Å². The Balaban J connectivity index is 1.69. The molecule has 8 nitrogen and oxygen atoms in total. The fourth-order valence-corrected chi connectivity index (χ4v) is 4.76. The van der Waals surface area contributed by atoms with Crippen LogP contribution < -0.4 is 14.8 Å². The van der Waals surface area contributed by atoms with Gasteiger partial charge >= 0.3 is 0 Å². The highest BCUT2D eigenvalue weighted by molar-refractivity contribution is 7.13. The molecule has 6 rings (SSSR count). The van der Waals surface area contributed by atoms with Gasteiger partial charge in [0.15, 0.2) is 5.65 Å². The number of nitrogens with one attached hydrogen (secondary N) is 1. The molecule has 9 heteroatoms. The predicted molar refractivity (Wildman–Crippen MR) is 146 cm³/mol. The normalized spacial score (nSPS) is 11.0. The fourth-order valence-electron chi connectivity index (χ4n) is 4.32. The number of hydrogen-bond donors (Lipinski definition) is 1. The molecule has 0 atom stereocenters. The number of benzene rings is 3. The van der Waals surface area contributed by atoms with Crippen molar-refractivity contribution in [2.24, 2.45) is 0 Å². The van der Waals surface area contributed by atoms with Gasteiger partial charge in [-0.05, 0) is 23.3 Å². The third-order valence-electron chi connectivity index (χ3n) is 5.99. The first-order valence-electron chi connectivity index (χ1n) is 11.6. The van der Waals surface area contributed by atoms with Gasteiger partial charge in [0.1, 0.15) is 22.8 Å². The second-order valence-electron chi connectivity index (χ2n) is 8.13. The van der Waals surface area contributed by atoms with E-state index in [9.17, 15) is 0 Å². The highest BCUT2D eigenvalue weighted by atomic mass is 32.1. The van der Waals surface area contributed by atoms with Gasteiger partial charge in [0, 0.05) is 5.56 Å². The third-order valence-corrected chi connectivity index (χ3v) is 6.60. The highest BCUT2D eigenvalue weighted by Crippen LogP contribution is 2.43. The Morgan fingerprint density at radius 1 is 0.757 bits per heavy atom. The van der Waals surface area contributed by atoms with E-state index in [1.54, 1.807) is 24.2 Å². The highest BCUT2D eigenvalue weighted by Gasteiger charge is 2.25. The molecule has 0 saturated carbocycles. The lowest BCUT2D eigenvalue weighted by Crippen LogP contribution is -2.06. The monoisotopic (exact) mass is 506 g/mol. The quantitative estimate of drug-likeness (QED) is 0.270. The molecule has 0 aliphatic rings. The van der Waals surface area contributed by atoms with E-state index in [-0.39, 0.29) is 0 Å². The zero-order valence-corrected chi connectivity index (χ0v) is 20.9. The average molecular weight is 507 g/mol. The Morgan fingerprint density at radius 2 is 1.43 bits per heavy atom. The lowest BCUT2D eigenvalue weighted by Gasteiger charge is -2.16. The summed E-state index contributed by atoms with van der Waals surface area (Å²) in [5.41, 5.74) is 7.67. The van der Waals surface area contributed by atoms with Crippen LogP contribution in [0, 0.1) is 0 Å². The molecule has 6 aromatic rings. The molecule has 37 heavy (non-hydrogen) atoms. The van der Waals surface area contributed by atoms with Gasteiger partial charge in [-0.1, -0.05) is 84.1 Å². The first-order chi connectivity index (χ1) is 18.3. The first-order valence-corrected chi connectivity index (χ1v) is 12.4. The van der Waals surface area contributed by atoms with Crippen molar-refractivity contribution in [1.29, 1.82) is 0 Å². The number of fused-ring (bicyclic) bond motifs is 1. The van der Waals surface area contributed by atoms with Crippen LogP contribution in [0.15, 0.2) is 90.4 Å². The Hall–Kier alpha value is -4.76. The van der Waals surface area contributed by atoms with Crippen LogP contribution in [0.1, 0.15) is 0 Å². The Morgan fingerprint density at radius 3 is 2.05 bits per heavy atom. The molecule has 3 aromatic heterocycles. The molecule has 3 heterocycles. The van der Waals surface area contributed by atoms with Crippen LogP contribution in [0.3, 0.4) is 0 Å². The summed E-state index contributed by atoms with van der Waals surface area (Å²) in [5, 5.41) is 17.2. The molecule has 0 radical (unpaired) electrons. The maximum Gasteiger partial charge on any atom is 0.228 e. The van der Waals surface area contributed by atoms with Crippen molar-refractivity contribution in [2.45, 2.75) is 0 Å². The molecular weight excluding hydrogens is 484 g/mol. The topological polar surface area (TPSA) is 86.5 Å². The number of methoxy groups -OCH3 is 2. The lowest BCUT2D eigenvalue weighted by molar-refractivity contribution is 0.387. The van der Waals surface area contributed by atoms with E-state index in [0.717, 1.165) is 39.3 Å². The van der Waals surface area contributed by atoms with Crippen molar-refractivity contribution >= 4 is 27.9 Å². The summed E-state index contributed by atoms with van der Waals surface area (Å²) in [4.78, 5) is 5.12. The van der Waals surface area contributed by atoms with Crippen LogP contribution in [-0.4, -0.2) is 39.0 Å². The molecule has 0 spiro atoms. The van der Waals surface area contributed by atoms with Crippen LogP contribution in [0.2, 0.25) is 0 Å². The van der Waals surface area contributed by atoms with E-state index in [4.69, 9.17) is 19.6 Å². The van der Waals surface area contributed by atoms with Gasteiger partial charge in [0.25, 0.3) is 0 Å². The van der Waals surface area contributed by atoms with Crippen molar-refractivity contribution in [3.8, 4) is 45.1 Å². The number of hydrogen-bond acceptors (Lipinski definition) is 8. The fraction of sp³-hybridized carbons (Fsp3) is 0.0714. The second kappa shape index (κ2) is 9.71. The average Bonchev–Trinajstić information content (AvgIpc) is 3.61. The van der Waals surface area contributed by atoms with E-state index in [1.807, 2.05) is 72.8 Å². The van der Waals surface area contributed by atoms with Gasteiger partial charge in [-0.25, -0.2) is 4.98 Å². The van der Waals surface area contributed by atoms with Crippen molar-refractivity contribution in [1.82, 2.24) is 24.8 Å².